The van der Waals surface area contributed by atoms with Crippen molar-refractivity contribution >= 4 is 21.7 Å². The Bertz CT molecular complexity index is 1020. The maximum Gasteiger partial charge on any atom is 0.251 e. The van der Waals surface area contributed by atoms with E-state index >= 15 is 0 Å². The SMILES string of the molecule is COc1cccc([C@H](CNC(=O)c2ccc(S(=O)(=O)CC(=O)N(C)C)cc2)N(C)C)c1. The predicted molar refractivity (Wildman–Crippen MR) is 119 cm³/mol. The number of rotatable bonds is 9. The fourth-order valence-electron chi connectivity index (χ4n) is 2.93. The first-order chi connectivity index (χ1) is 14.5. The van der Waals surface area contributed by atoms with E-state index in [1.54, 1.807) is 7.11 Å². The van der Waals surface area contributed by atoms with Crippen LogP contribution in [-0.2, 0) is 14.6 Å². The Morgan fingerprint density at radius 1 is 1.03 bits per heavy atom. The summed E-state index contributed by atoms with van der Waals surface area (Å²) in [5.74, 6) is -0.700. The molecule has 2 aromatic rings. The first-order valence-electron chi connectivity index (χ1n) is 9.66. The van der Waals surface area contributed by atoms with Crippen LogP contribution in [0.3, 0.4) is 0 Å². The maximum absolute atomic E-state index is 12.6. The van der Waals surface area contributed by atoms with E-state index in [9.17, 15) is 18.0 Å². The van der Waals surface area contributed by atoms with E-state index < -0.39 is 21.5 Å². The van der Waals surface area contributed by atoms with Crippen molar-refractivity contribution in [2.75, 3.05) is 47.6 Å². The summed E-state index contributed by atoms with van der Waals surface area (Å²) >= 11 is 0. The molecule has 2 aromatic carbocycles. The molecule has 0 unspecified atom stereocenters. The smallest absolute Gasteiger partial charge is 0.251 e. The lowest BCUT2D eigenvalue weighted by Crippen LogP contribution is -2.34. The van der Waals surface area contributed by atoms with Gasteiger partial charge in [0.2, 0.25) is 5.91 Å². The molecule has 168 valence electrons. The van der Waals surface area contributed by atoms with E-state index in [1.807, 2.05) is 43.3 Å². The van der Waals surface area contributed by atoms with Gasteiger partial charge >= 0.3 is 0 Å². The molecule has 2 amide bonds. The van der Waals surface area contributed by atoms with E-state index in [1.165, 1.54) is 43.3 Å². The highest BCUT2D eigenvalue weighted by atomic mass is 32.2. The number of likely N-dealkylation sites (N-methyl/N-ethyl adjacent to an activating group) is 1. The molecule has 0 radical (unpaired) electrons. The number of carbonyl (C=O) groups excluding carboxylic acids is 2. The first kappa shape index (κ1) is 24.4. The standard InChI is InChI=1S/C22H29N3O5S/c1-24(2)20(17-7-6-8-18(13-17)30-5)14-23-22(27)16-9-11-19(12-10-16)31(28,29)15-21(26)25(3)4/h6-13,20H,14-15H2,1-5H3,(H,23,27)/t20-/m0/s1. The Kier molecular flexibility index (Phi) is 8.18. The van der Waals surface area contributed by atoms with Crippen molar-refractivity contribution in [2.45, 2.75) is 10.9 Å². The first-order valence-corrected chi connectivity index (χ1v) is 11.3. The van der Waals surface area contributed by atoms with Crippen LogP contribution in [0.5, 0.6) is 5.75 Å². The summed E-state index contributed by atoms with van der Waals surface area (Å²) in [6.45, 7) is 0.358. The number of amides is 2. The molecule has 1 N–H and O–H groups in total. The molecule has 31 heavy (non-hydrogen) atoms. The van der Waals surface area contributed by atoms with Crippen molar-refractivity contribution in [2.24, 2.45) is 0 Å². The lowest BCUT2D eigenvalue weighted by molar-refractivity contribution is -0.125. The van der Waals surface area contributed by atoms with E-state index in [0.717, 1.165) is 11.3 Å². The van der Waals surface area contributed by atoms with Gasteiger partial charge in [-0.25, -0.2) is 8.42 Å². The summed E-state index contributed by atoms with van der Waals surface area (Å²) < 4.78 is 30.0. The molecule has 0 aliphatic rings. The molecule has 2 rings (SSSR count). The summed E-state index contributed by atoms with van der Waals surface area (Å²) in [6.07, 6.45) is 0. The number of hydrogen-bond acceptors (Lipinski definition) is 6. The van der Waals surface area contributed by atoms with Crippen LogP contribution >= 0.6 is 0 Å². The Balaban J connectivity index is 2.08. The third-order valence-corrected chi connectivity index (χ3v) is 6.46. The highest BCUT2D eigenvalue weighted by molar-refractivity contribution is 7.92. The number of nitrogens with one attached hydrogen (secondary N) is 1. The lowest BCUT2D eigenvalue weighted by Gasteiger charge is -2.25. The van der Waals surface area contributed by atoms with Crippen molar-refractivity contribution in [3.8, 4) is 5.75 Å². The minimum Gasteiger partial charge on any atom is -0.497 e. The molecule has 0 aliphatic heterocycles. The minimum atomic E-state index is -3.77. The summed E-state index contributed by atoms with van der Waals surface area (Å²) in [5.41, 5.74) is 1.33. The molecular weight excluding hydrogens is 418 g/mol. The molecule has 0 saturated carbocycles. The minimum absolute atomic E-state index is 0.00167. The fourth-order valence-corrected chi connectivity index (χ4v) is 4.23. The van der Waals surface area contributed by atoms with Crippen molar-refractivity contribution in [3.05, 3.63) is 59.7 Å². The summed E-state index contributed by atoms with van der Waals surface area (Å²) in [7, 11) is 4.67. The third kappa shape index (κ3) is 6.53. The normalized spacial score (nSPS) is 12.3. The molecule has 0 heterocycles. The van der Waals surface area contributed by atoms with Gasteiger partial charge in [0.25, 0.3) is 5.91 Å². The predicted octanol–water partition coefficient (Wildman–Crippen LogP) is 1.59. The number of nitrogens with zero attached hydrogens (tertiary/aromatic N) is 2. The average molecular weight is 448 g/mol. The summed E-state index contributed by atoms with van der Waals surface area (Å²) in [5, 5.41) is 2.89. The number of methoxy groups -OCH3 is 1. The topological polar surface area (TPSA) is 96.0 Å². The molecule has 1 atom stereocenters. The van der Waals surface area contributed by atoms with Crippen LogP contribution in [0.15, 0.2) is 53.4 Å². The summed E-state index contributed by atoms with van der Waals surface area (Å²) in [6, 6.07) is 13.1. The Labute approximate surface area is 183 Å². The van der Waals surface area contributed by atoms with Gasteiger partial charge in [-0.15, -0.1) is 0 Å². The van der Waals surface area contributed by atoms with Gasteiger partial charge in [-0.1, -0.05) is 12.1 Å². The number of hydrogen-bond donors (Lipinski definition) is 1. The second-order valence-electron chi connectivity index (χ2n) is 7.54. The van der Waals surface area contributed by atoms with Gasteiger partial charge in [0.15, 0.2) is 9.84 Å². The molecule has 0 spiro atoms. The molecule has 0 aromatic heterocycles. The van der Waals surface area contributed by atoms with Crippen LogP contribution in [0.25, 0.3) is 0 Å². The van der Waals surface area contributed by atoms with Crippen LogP contribution in [0, 0.1) is 0 Å². The Morgan fingerprint density at radius 2 is 1.68 bits per heavy atom. The van der Waals surface area contributed by atoms with E-state index in [-0.39, 0.29) is 16.8 Å². The van der Waals surface area contributed by atoms with E-state index in [0.29, 0.717) is 12.1 Å². The van der Waals surface area contributed by atoms with Crippen molar-refractivity contribution in [1.29, 1.82) is 0 Å². The molecular formula is C22H29N3O5S. The third-order valence-electron chi connectivity index (χ3n) is 4.85. The highest BCUT2D eigenvalue weighted by Gasteiger charge is 2.21. The lowest BCUT2D eigenvalue weighted by atomic mass is 10.1. The average Bonchev–Trinajstić information content (AvgIpc) is 2.73. The van der Waals surface area contributed by atoms with E-state index in [2.05, 4.69) is 5.32 Å². The molecule has 0 fully saturated rings. The molecule has 0 saturated heterocycles. The molecule has 0 aliphatic carbocycles. The monoisotopic (exact) mass is 447 g/mol. The zero-order valence-electron chi connectivity index (χ0n) is 18.5. The highest BCUT2D eigenvalue weighted by Crippen LogP contribution is 2.22. The van der Waals surface area contributed by atoms with Gasteiger partial charge < -0.3 is 19.9 Å². The molecule has 0 bridgehead atoms. The second kappa shape index (κ2) is 10.4. The number of carbonyl (C=O) groups is 2. The van der Waals surface area contributed by atoms with E-state index in [4.69, 9.17) is 4.74 Å². The van der Waals surface area contributed by atoms with Crippen molar-refractivity contribution in [3.63, 3.8) is 0 Å². The van der Waals surface area contributed by atoms with Crippen LogP contribution < -0.4 is 10.1 Å². The number of ether oxygens (including phenoxy) is 1. The largest absolute Gasteiger partial charge is 0.497 e. The molecule has 8 nitrogen and oxygen atoms in total. The van der Waals surface area contributed by atoms with Crippen LogP contribution in [0.1, 0.15) is 22.0 Å². The van der Waals surface area contributed by atoms with Gasteiger partial charge in [-0.3, -0.25) is 9.59 Å². The van der Waals surface area contributed by atoms with Crippen LogP contribution in [0.4, 0.5) is 0 Å². The maximum atomic E-state index is 12.6. The van der Waals surface area contributed by atoms with Crippen molar-refractivity contribution < 1.29 is 22.7 Å². The van der Waals surface area contributed by atoms with Crippen LogP contribution in [-0.4, -0.2) is 77.6 Å². The molecule has 9 heteroatoms. The summed E-state index contributed by atoms with van der Waals surface area (Å²) in [4.78, 5) is 27.5. The van der Waals surface area contributed by atoms with Gasteiger partial charge in [0, 0.05) is 26.2 Å². The zero-order valence-corrected chi connectivity index (χ0v) is 19.3. The van der Waals surface area contributed by atoms with Crippen LogP contribution in [0.2, 0.25) is 0 Å². The van der Waals surface area contributed by atoms with Gasteiger partial charge in [0.05, 0.1) is 18.0 Å². The number of sulfone groups is 1. The second-order valence-corrected chi connectivity index (χ2v) is 9.53. The Morgan fingerprint density at radius 3 is 2.23 bits per heavy atom. The quantitative estimate of drug-likeness (QED) is 0.627. The van der Waals surface area contributed by atoms with Gasteiger partial charge in [0.1, 0.15) is 11.5 Å². The van der Waals surface area contributed by atoms with Gasteiger partial charge in [-0.2, -0.15) is 0 Å². The van der Waals surface area contributed by atoms with Crippen molar-refractivity contribution in [1.82, 2.24) is 15.1 Å². The Hall–Kier alpha value is -2.91. The fraction of sp³-hybridized carbons (Fsp3) is 0.364. The number of benzene rings is 2. The van der Waals surface area contributed by atoms with Gasteiger partial charge in [-0.05, 0) is 56.1 Å². The zero-order chi connectivity index (χ0) is 23.2.